The number of aromatic nitrogens is 3. The second kappa shape index (κ2) is 7.44. The van der Waals surface area contributed by atoms with Gasteiger partial charge < -0.3 is 15.7 Å². The maximum Gasteiger partial charge on any atom is 0.315 e. The molecule has 0 fully saturated rings. The number of hydrogen-bond acceptors (Lipinski definition) is 4. The fourth-order valence-corrected chi connectivity index (χ4v) is 3.05. The number of fused-ring (bicyclic) bond motifs is 1. The summed E-state index contributed by atoms with van der Waals surface area (Å²) in [4.78, 5) is 16.4. The maximum absolute atomic E-state index is 12.2. The van der Waals surface area contributed by atoms with Crippen LogP contribution >= 0.6 is 0 Å². The number of nitrogens with zero attached hydrogens (tertiary/aromatic N) is 3. The molecule has 3 N–H and O–H groups in total. The molecule has 1 atom stereocenters. The van der Waals surface area contributed by atoms with Gasteiger partial charge in [0.05, 0.1) is 25.4 Å². The minimum Gasteiger partial charge on any atom is -0.394 e. The van der Waals surface area contributed by atoms with E-state index in [1.165, 1.54) is 0 Å². The number of urea groups is 1. The quantitative estimate of drug-likeness (QED) is 0.774. The highest BCUT2D eigenvalue weighted by Gasteiger charge is 2.25. The zero-order chi connectivity index (χ0) is 16.9. The Morgan fingerprint density at radius 1 is 1.42 bits per heavy atom. The second-order valence-electron chi connectivity index (χ2n) is 6.07. The summed E-state index contributed by atoms with van der Waals surface area (Å²) in [6.45, 7) is 2.94. The van der Waals surface area contributed by atoms with Crippen LogP contribution in [0.3, 0.4) is 0 Å². The van der Waals surface area contributed by atoms with Crippen molar-refractivity contribution in [2.24, 2.45) is 0 Å². The molecule has 128 valence electrons. The van der Waals surface area contributed by atoms with Crippen molar-refractivity contribution in [2.45, 2.75) is 45.3 Å². The van der Waals surface area contributed by atoms with E-state index in [4.69, 9.17) is 5.11 Å². The van der Waals surface area contributed by atoms with E-state index in [1.807, 2.05) is 23.7 Å². The van der Waals surface area contributed by atoms with Gasteiger partial charge in [0.2, 0.25) is 0 Å². The van der Waals surface area contributed by atoms with E-state index in [0.29, 0.717) is 13.1 Å². The van der Waals surface area contributed by atoms with Crippen molar-refractivity contribution in [1.29, 1.82) is 0 Å². The highest BCUT2D eigenvalue weighted by Crippen LogP contribution is 2.29. The number of aryl methyl sites for hydroxylation is 1. The maximum atomic E-state index is 12.2. The van der Waals surface area contributed by atoms with Gasteiger partial charge in [-0.15, -0.1) is 0 Å². The molecule has 0 bridgehead atoms. The number of amides is 2. The molecule has 24 heavy (non-hydrogen) atoms. The molecule has 0 saturated heterocycles. The van der Waals surface area contributed by atoms with Crippen LogP contribution in [0.4, 0.5) is 4.79 Å². The number of carbonyl (C=O) groups is 1. The Morgan fingerprint density at radius 3 is 3.04 bits per heavy atom. The van der Waals surface area contributed by atoms with Crippen LogP contribution in [0.1, 0.15) is 41.4 Å². The topological polar surface area (TPSA) is 92.1 Å². The SMILES string of the molecule is Cc1ccc(CNC(=O)N[C@H]2CCCc3c2cnn3CCO)cn1. The molecule has 2 aromatic rings. The predicted molar refractivity (Wildman–Crippen MR) is 89.3 cm³/mol. The Morgan fingerprint density at radius 2 is 2.29 bits per heavy atom. The standard InChI is InChI=1S/C17H23N5O2/c1-12-5-6-13(9-18-12)10-19-17(24)21-15-3-2-4-16-14(15)11-20-22(16)7-8-23/h5-6,9,11,15,23H,2-4,7-8,10H2,1H3,(H2,19,21,24)/t15-/m0/s1. The van der Waals surface area contributed by atoms with E-state index < -0.39 is 0 Å². The molecule has 2 aromatic heterocycles. The number of aliphatic hydroxyl groups excluding tert-OH is 1. The van der Waals surface area contributed by atoms with E-state index in [2.05, 4.69) is 20.7 Å². The third kappa shape index (κ3) is 3.73. The summed E-state index contributed by atoms with van der Waals surface area (Å²) < 4.78 is 1.83. The van der Waals surface area contributed by atoms with Gasteiger partial charge in [0, 0.05) is 29.7 Å². The summed E-state index contributed by atoms with van der Waals surface area (Å²) in [7, 11) is 0. The van der Waals surface area contributed by atoms with Crippen molar-refractivity contribution in [3.05, 3.63) is 47.0 Å². The van der Waals surface area contributed by atoms with Gasteiger partial charge >= 0.3 is 6.03 Å². The lowest BCUT2D eigenvalue weighted by Gasteiger charge is -2.24. The molecule has 0 aromatic carbocycles. The van der Waals surface area contributed by atoms with Gasteiger partial charge in [-0.25, -0.2) is 4.79 Å². The highest BCUT2D eigenvalue weighted by molar-refractivity contribution is 5.74. The van der Waals surface area contributed by atoms with Gasteiger partial charge in [0.1, 0.15) is 0 Å². The Hall–Kier alpha value is -2.41. The van der Waals surface area contributed by atoms with Crippen molar-refractivity contribution in [2.75, 3.05) is 6.61 Å². The average Bonchev–Trinajstić information content (AvgIpc) is 2.99. The molecule has 0 spiro atoms. The van der Waals surface area contributed by atoms with Gasteiger partial charge in [-0.05, 0) is 37.8 Å². The zero-order valence-corrected chi connectivity index (χ0v) is 13.8. The van der Waals surface area contributed by atoms with E-state index in [-0.39, 0.29) is 18.7 Å². The smallest absolute Gasteiger partial charge is 0.315 e. The van der Waals surface area contributed by atoms with Gasteiger partial charge in [-0.2, -0.15) is 5.10 Å². The van der Waals surface area contributed by atoms with Gasteiger partial charge in [0.25, 0.3) is 0 Å². The molecule has 2 heterocycles. The van der Waals surface area contributed by atoms with Gasteiger partial charge in [-0.1, -0.05) is 6.07 Å². The molecule has 0 aliphatic heterocycles. The largest absolute Gasteiger partial charge is 0.394 e. The third-order valence-electron chi connectivity index (χ3n) is 4.31. The molecule has 0 radical (unpaired) electrons. The van der Waals surface area contributed by atoms with Crippen molar-refractivity contribution in [3.63, 3.8) is 0 Å². The first-order chi connectivity index (χ1) is 11.7. The molecule has 1 aliphatic carbocycles. The number of aliphatic hydroxyl groups is 1. The molecule has 2 amide bonds. The van der Waals surface area contributed by atoms with Crippen molar-refractivity contribution in [1.82, 2.24) is 25.4 Å². The van der Waals surface area contributed by atoms with E-state index >= 15 is 0 Å². The molecular weight excluding hydrogens is 306 g/mol. The van der Waals surface area contributed by atoms with Crippen molar-refractivity contribution in [3.8, 4) is 0 Å². The Balaban J connectivity index is 1.58. The fraction of sp³-hybridized carbons (Fsp3) is 0.471. The number of carbonyl (C=O) groups excluding carboxylic acids is 1. The Kier molecular flexibility index (Phi) is 5.10. The summed E-state index contributed by atoms with van der Waals surface area (Å²) in [5, 5.41) is 19.3. The minimum absolute atomic E-state index is 0.0302. The number of nitrogens with one attached hydrogen (secondary N) is 2. The monoisotopic (exact) mass is 329 g/mol. The molecular formula is C17H23N5O2. The van der Waals surface area contributed by atoms with Gasteiger partial charge in [-0.3, -0.25) is 9.67 Å². The van der Waals surface area contributed by atoms with Crippen molar-refractivity contribution >= 4 is 6.03 Å². The van der Waals surface area contributed by atoms with Crippen LogP contribution in [0.5, 0.6) is 0 Å². The van der Waals surface area contributed by atoms with Gasteiger partial charge in [0.15, 0.2) is 0 Å². The van der Waals surface area contributed by atoms with E-state index in [0.717, 1.165) is 41.8 Å². The lowest BCUT2D eigenvalue weighted by atomic mass is 9.93. The van der Waals surface area contributed by atoms with Crippen LogP contribution in [-0.2, 0) is 19.5 Å². The minimum atomic E-state index is -0.191. The second-order valence-corrected chi connectivity index (χ2v) is 6.07. The zero-order valence-electron chi connectivity index (χ0n) is 13.8. The summed E-state index contributed by atoms with van der Waals surface area (Å²) in [5.41, 5.74) is 4.10. The average molecular weight is 329 g/mol. The van der Waals surface area contributed by atoms with E-state index in [9.17, 15) is 4.79 Å². The van der Waals surface area contributed by atoms with Crippen LogP contribution in [0.15, 0.2) is 24.5 Å². The van der Waals surface area contributed by atoms with Crippen molar-refractivity contribution < 1.29 is 9.90 Å². The van der Waals surface area contributed by atoms with Crippen LogP contribution in [0, 0.1) is 6.92 Å². The Labute approximate surface area is 141 Å². The lowest BCUT2D eigenvalue weighted by molar-refractivity contribution is 0.234. The Bertz CT molecular complexity index is 696. The summed E-state index contributed by atoms with van der Waals surface area (Å²) >= 11 is 0. The number of rotatable bonds is 5. The molecule has 1 aliphatic rings. The highest BCUT2D eigenvalue weighted by atomic mass is 16.3. The van der Waals surface area contributed by atoms with E-state index in [1.54, 1.807) is 12.4 Å². The molecule has 7 nitrogen and oxygen atoms in total. The molecule has 3 rings (SSSR count). The number of hydrogen-bond donors (Lipinski definition) is 3. The molecule has 0 unspecified atom stereocenters. The predicted octanol–water partition coefficient (Wildman–Crippen LogP) is 1.46. The summed E-state index contributed by atoms with van der Waals surface area (Å²) in [5.74, 6) is 0. The first-order valence-electron chi connectivity index (χ1n) is 8.28. The summed E-state index contributed by atoms with van der Waals surface area (Å²) in [6.07, 6.45) is 6.41. The summed E-state index contributed by atoms with van der Waals surface area (Å²) in [6, 6.07) is 3.67. The van der Waals surface area contributed by atoms with Crippen LogP contribution in [0.25, 0.3) is 0 Å². The fourth-order valence-electron chi connectivity index (χ4n) is 3.05. The number of pyridine rings is 1. The first kappa shape index (κ1) is 16.4. The van der Waals surface area contributed by atoms with Crippen LogP contribution in [0.2, 0.25) is 0 Å². The molecule has 7 heteroatoms. The van der Waals surface area contributed by atoms with Crippen LogP contribution < -0.4 is 10.6 Å². The van der Waals surface area contributed by atoms with Crippen LogP contribution in [-0.4, -0.2) is 32.5 Å². The third-order valence-corrected chi connectivity index (χ3v) is 4.31. The normalized spacial score (nSPS) is 16.5. The first-order valence-corrected chi connectivity index (χ1v) is 8.28. The molecule has 0 saturated carbocycles. The lowest BCUT2D eigenvalue weighted by Crippen LogP contribution is -2.38.